The summed E-state index contributed by atoms with van der Waals surface area (Å²) in [6, 6.07) is 0. The quantitative estimate of drug-likeness (QED) is 0.398. The molecule has 4 aliphatic rings. The molecule has 0 bridgehead atoms. The Morgan fingerprint density at radius 2 is 2.00 bits per heavy atom. The molecule has 156 valence electrons. The van der Waals surface area contributed by atoms with E-state index >= 15 is 0 Å². The second kappa shape index (κ2) is 7.33. The number of allylic oxidation sites excluding steroid dienone is 4. The van der Waals surface area contributed by atoms with E-state index < -0.39 is 0 Å². The largest absolute Gasteiger partial charge is 0.469 e. The van der Waals surface area contributed by atoms with Gasteiger partial charge in [-0.25, -0.2) is 0 Å². The highest BCUT2D eigenvalue weighted by molar-refractivity contribution is 5.69. The topological polar surface area (TPSA) is 26.3 Å². The van der Waals surface area contributed by atoms with E-state index in [1.165, 1.54) is 52.1 Å². The molecule has 2 fully saturated rings. The van der Waals surface area contributed by atoms with E-state index in [9.17, 15) is 4.79 Å². The van der Waals surface area contributed by atoms with Crippen LogP contribution in [-0.4, -0.2) is 13.1 Å². The molecule has 0 amide bonds. The zero-order valence-electron chi connectivity index (χ0n) is 18.7. The van der Waals surface area contributed by atoms with Gasteiger partial charge in [0.1, 0.15) is 0 Å². The van der Waals surface area contributed by atoms with Gasteiger partial charge in [0.2, 0.25) is 0 Å². The highest BCUT2D eigenvalue weighted by Crippen LogP contribution is 2.65. The highest BCUT2D eigenvalue weighted by Gasteiger charge is 2.55. The molecule has 0 N–H and O–H groups in total. The van der Waals surface area contributed by atoms with Crippen molar-refractivity contribution < 1.29 is 9.53 Å². The first-order valence-electron chi connectivity index (χ1n) is 11.8. The van der Waals surface area contributed by atoms with Gasteiger partial charge in [-0.05, 0) is 91.8 Å². The smallest absolute Gasteiger partial charge is 0.305 e. The molecule has 0 spiro atoms. The van der Waals surface area contributed by atoms with Gasteiger partial charge in [-0.15, -0.1) is 0 Å². The Labute approximate surface area is 172 Å². The van der Waals surface area contributed by atoms with E-state index in [2.05, 4.69) is 39.8 Å². The Balaban J connectivity index is 1.54. The van der Waals surface area contributed by atoms with Crippen LogP contribution in [0.3, 0.4) is 0 Å². The summed E-state index contributed by atoms with van der Waals surface area (Å²) < 4.78 is 4.87. The lowest BCUT2D eigenvalue weighted by Gasteiger charge is -2.57. The molecule has 2 heteroatoms. The molecule has 0 aromatic carbocycles. The van der Waals surface area contributed by atoms with Crippen molar-refractivity contribution in [1.82, 2.24) is 0 Å². The van der Waals surface area contributed by atoms with E-state index in [1.807, 2.05) is 5.57 Å². The molecule has 4 rings (SSSR count). The Morgan fingerprint density at radius 3 is 2.75 bits per heavy atom. The highest BCUT2D eigenvalue weighted by atomic mass is 16.5. The SMILES string of the molecule is COC(=O)CC[C@@H](C)C1=CC[C@H]2[C@@H]3CC[C@@H]4C[C@H](C)CC[C@]4(C)C3=CC[C@]12C. The Hall–Kier alpha value is -1.05. The minimum Gasteiger partial charge on any atom is -0.469 e. The maximum atomic E-state index is 11.6. The van der Waals surface area contributed by atoms with Crippen LogP contribution in [0.1, 0.15) is 85.5 Å². The number of methoxy groups -OCH3 is 1. The van der Waals surface area contributed by atoms with E-state index in [0.717, 1.165) is 30.1 Å². The molecule has 0 unspecified atom stereocenters. The van der Waals surface area contributed by atoms with Gasteiger partial charge < -0.3 is 4.74 Å². The molecule has 0 saturated heterocycles. The Kier molecular flexibility index (Phi) is 5.30. The van der Waals surface area contributed by atoms with E-state index in [0.29, 0.717) is 23.2 Å². The summed E-state index contributed by atoms with van der Waals surface area (Å²) in [6.45, 7) is 9.91. The molecule has 0 radical (unpaired) electrons. The van der Waals surface area contributed by atoms with Crippen molar-refractivity contribution in [2.24, 2.45) is 40.4 Å². The second-order valence-electron chi connectivity index (χ2n) is 11.0. The molecule has 0 aromatic heterocycles. The number of hydrogen-bond acceptors (Lipinski definition) is 2. The van der Waals surface area contributed by atoms with Crippen LogP contribution < -0.4 is 0 Å². The number of carbonyl (C=O) groups is 1. The third-order valence-electron chi connectivity index (χ3n) is 9.47. The van der Waals surface area contributed by atoms with Crippen LogP contribution in [0.2, 0.25) is 0 Å². The van der Waals surface area contributed by atoms with Crippen LogP contribution in [0.15, 0.2) is 23.3 Å². The van der Waals surface area contributed by atoms with Gasteiger partial charge in [0.25, 0.3) is 0 Å². The third-order valence-corrected chi connectivity index (χ3v) is 9.47. The lowest BCUT2D eigenvalue weighted by Crippen LogP contribution is -2.47. The first-order chi connectivity index (χ1) is 13.3. The predicted molar refractivity (Wildman–Crippen MR) is 115 cm³/mol. The fourth-order valence-corrected chi connectivity index (χ4v) is 7.71. The predicted octanol–water partition coefficient (Wildman–Crippen LogP) is 6.71. The fourth-order valence-electron chi connectivity index (χ4n) is 7.71. The van der Waals surface area contributed by atoms with Gasteiger partial charge in [0.15, 0.2) is 0 Å². The zero-order valence-corrected chi connectivity index (χ0v) is 18.7. The monoisotopic (exact) mass is 384 g/mol. The van der Waals surface area contributed by atoms with E-state index in [4.69, 9.17) is 4.74 Å². The molecule has 0 aromatic rings. The number of carbonyl (C=O) groups excluding carboxylic acids is 1. The molecule has 7 atom stereocenters. The van der Waals surface area contributed by atoms with Gasteiger partial charge in [0.05, 0.1) is 7.11 Å². The molecule has 2 nitrogen and oxygen atoms in total. The molecule has 28 heavy (non-hydrogen) atoms. The first kappa shape index (κ1) is 20.2. The number of ether oxygens (including phenoxy) is 1. The van der Waals surface area contributed by atoms with Crippen molar-refractivity contribution in [1.29, 1.82) is 0 Å². The van der Waals surface area contributed by atoms with Gasteiger partial charge in [0, 0.05) is 6.42 Å². The second-order valence-corrected chi connectivity index (χ2v) is 11.0. The Morgan fingerprint density at radius 1 is 1.21 bits per heavy atom. The van der Waals surface area contributed by atoms with E-state index in [1.54, 1.807) is 5.57 Å². The molecule has 2 saturated carbocycles. The molecule has 0 heterocycles. The van der Waals surface area contributed by atoms with Gasteiger partial charge in [-0.2, -0.15) is 0 Å². The molecule has 0 aliphatic heterocycles. The number of fused-ring (bicyclic) bond motifs is 5. The number of esters is 1. The van der Waals surface area contributed by atoms with Crippen LogP contribution in [0.4, 0.5) is 0 Å². The number of hydrogen-bond donors (Lipinski definition) is 0. The Bertz CT molecular complexity index is 689. The lowest BCUT2D eigenvalue weighted by molar-refractivity contribution is -0.140. The standard InChI is InChI=1S/C26H40O2/c1-17-12-14-25(3)19(16-17)7-8-20-22-10-9-21(18(2)6-11-24(27)28-5)26(22,4)15-13-23(20)25/h9,13,17-20,22H,6-8,10-12,14-16H2,1-5H3/t17-,18-,19-,20+,22+,25+,26-/m1/s1. The maximum Gasteiger partial charge on any atom is 0.305 e. The summed E-state index contributed by atoms with van der Waals surface area (Å²) in [5, 5.41) is 0. The van der Waals surface area contributed by atoms with Gasteiger partial charge >= 0.3 is 5.97 Å². The van der Waals surface area contributed by atoms with Crippen molar-refractivity contribution >= 4 is 5.97 Å². The average Bonchev–Trinajstić information content (AvgIpc) is 3.03. The van der Waals surface area contributed by atoms with Crippen molar-refractivity contribution in [3.05, 3.63) is 23.3 Å². The zero-order chi connectivity index (χ0) is 20.1. The normalized spacial score (nSPS) is 43.2. The van der Waals surface area contributed by atoms with Crippen LogP contribution in [0.25, 0.3) is 0 Å². The maximum absolute atomic E-state index is 11.6. The summed E-state index contributed by atoms with van der Waals surface area (Å²) in [4.78, 5) is 11.6. The lowest BCUT2D eigenvalue weighted by atomic mass is 9.48. The third kappa shape index (κ3) is 3.10. The van der Waals surface area contributed by atoms with Gasteiger partial charge in [-0.1, -0.05) is 51.0 Å². The van der Waals surface area contributed by atoms with Crippen LogP contribution >= 0.6 is 0 Å². The van der Waals surface area contributed by atoms with Crippen LogP contribution in [-0.2, 0) is 9.53 Å². The minimum absolute atomic E-state index is 0.0734. The fraction of sp³-hybridized carbons (Fsp3) is 0.808. The minimum atomic E-state index is -0.0734. The van der Waals surface area contributed by atoms with Crippen molar-refractivity contribution in [3.63, 3.8) is 0 Å². The average molecular weight is 385 g/mol. The first-order valence-corrected chi connectivity index (χ1v) is 11.8. The van der Waals surface area contributed by atoms with Crippen molar-refractivity contribution in [3.8, 4) is 0 Å². The molecular formula is C26H40O2. The summed E-state index contributed by atoms with van der Waals surface area (Å²) in [5.41, 5.74) is 4.24. The van der Waals surface area contributed by atoms with Crippen LogP contribution in [0.5, 0.6) is 0 Å². The van der Waals surface area contributed by atoms with Crippen LogP contribution in [0, 0.1) is 40.4 Å². The van der Waals surface area contributed by atoms with Gasteiger partial charge in [-0.3, -0.25) is 4.79 Å². The van der Waals surface area contributed by atoms with E-state index in [-0.39, 0.29) is 5.97 Å². The summed E-state index contributed by atoms with van der Waals surface area (Å²) >= 11 is 0. The van der Waals surface area contributed by atoms with Crippen molar-refractivity contribution in [2.45, 2.75) is 85.5 Å². The summed E-state index contributed by atoms with van der Waals surface area (Å²) in [5.74, 6) is 3.80. The number of rotatable bonds is 4. The van der Waals surface area contributed by atoms with Crippen molar-refractivity contribution in [2.75, 3.05) is 7.11 Å². The molecule has 4 aliphatic carbocycles. The summed E-state index contributed by atoms with van der Waals surface area (Å²) in [6.07, 6.45) is 16.2. The summed E-state index contributed by atoms with van der Waals surface area (Å²) in [7, 11) is 1.50. The molecular weight excluding hydrogens is 344 g/mol.